The van der Waals surface area contributed by atoms with E-state index in [0.717, 1.165) is 29.7 Å². The molecule has 0 N–H and O–H groups in total. The number of aryl methyl sites for hydroxylation is 1. The van der Waals surface area contributed by atoms with Gasteiger partial charge in [0.2, 0.25) is 0 Å². The largest absolute Gasteiger partial charge is 0.220 e. The van der Waals surface area contributed by atoms with Gasteiger partial charge >= 0.3 is 0 Å². The first-order valence-electron chi connectivity index (χ1n) is 10.9. The van der Waals surface area contributed by atoms with Gasteiger partial charge in [-0.15, -0.1) is 10.2 Å². The van der Waals surface area contributed by atoms with Gasteiger partial charge in [-0.3, -0.25) is 0 Å². The normalized spacial score (nSPS) is 22.5. The summed E-state index contributed by atoms with van der Waals surface area (Å²) in [5.74, 6) is 0.190. The molecule has 0 radical (unpaired) electrons. The minimum absolute atomic E-state index is 0.142. The number of nitrogens with zero attached hydrogens (tertiary/aromatic N) is 7. The summed E-state index contributed by atoms with van der Waals surface area (Å²) < 4.78 is 30.5. The summed E-state index contributed by atoms with van der Waals surface area (Å²) in [5, 5.41) is 21.7. The molecule has 2 aliphatic rings. The van der Waals surface area contributed by atoms with Crippen LogP contribution in [0, 0.1) is 24.0 Å². The van der Waals surface area contributed by atoms with Crippen molar-refractivity contribution in [2.75, 3.05) is 0 Å². The van der Waals surface area contributed by atoms with Crippen molar-refractivity contribution in [3.05, 3.63) is 77.1 Å². The van der Waals surface area contributed by atoms with Crippen molar-refractivity contribution in [1.82, 2.24) is 35.2 Å². The first-order valence-corrected chi connectivity index (χ1v) is 10.9. The molecule has 7 nitrogen and oxygen atoms in total. The molecule has 9 heteroatoms. The van der Waals surface area contributed by atoms with E-state index in [-0.39, 0.29) is 22.6 Å². The fraction of sp³-hybridized carbons (Fsp3) is 0.333. The Morgan fingerprint density at radius 3 is 2.58 bits per heavy atom. The van der Waals surface area contributed by atoms with Gasteiger partial charge in [-0.1, -0.05) is 19.9 Å². The van der Waals surface area contributed by atoms with Crippen LogP contribution < -0.4 is 0 Å². The highest BCUT2D eigenvalue weighted by molar-refractivity contribution is 5.64. The van der Waals surface area contributed by atoms with Gasteiger partial charge in [0, 0.05) is 5.41 Å². The van der Waals surface area contributed by atoms with Gasteiger partial charge in [0.25, 0.3) is 0 Å². The molecule has 3 aromatic heterocycles. The molecule has 1 fully saturated rings. The van der Waals surface area contributed by atoms with Crippen LogP contribution in [0.4, 0.5) is 8.78 Å². The third-order valence-corrected chi connectivity index (χ3v) is 7.67. The summed E-state index contributed by atoms with van der Waals surface area (Å²) in [6.45, 7) is 6.29. The lowest BCUT2D eigenvalue weighted by molar-refractivity contribution is 0.247. The van der Waals surface area contributed by atoms with Crippen LogP contribution in [0.5, 0.6) is 0 Å². The van der Waals surface area contributed by atoms with Gasteiger partial charge in [0.15, 0.2) is 5.82 Å². The number of hydrogen-bond donors (Lipinski definition) is 0. The van der Waals surface area contributed by atoms with Crippen LogP contribution in [0.25, 0.3) is 17.1 Å². The van der Waals surface area contributed by atoms with Gasteiger partial charge in [-0.25, -0.2) is 13.8 Å². The second-order valence-corrected chi connectivity index (χ2v) is 9.37. The molecule has 1 aromatic carbocycles. The molecule has 6 rings (SSSR count). The van der Waals surface area contributed by atoms with Gasteiger partial charge in [-0.2, -0.15) is 20.0 Å². The lowest BCUT2D eigenvalue weighted by atomic mass is 9.65. The molecule has 3 heterocycles. The minimum Gasteiger partial charge on any atom is -0.220 e. The Kier molecular flexibility index (Phi) is 4.06. The number of halogens is 2. The van der Waals surface area contributed by atoms with E-state index in [0.29, 0.717) is 11.6 Å². The first kappa shape index (κ1) is 20.0. The molecule has 0 saturated heterocycles. The lowest BCUT2D eigenvalue weighted by Gasteiger charge is -2.38. The monoisotopic (exact) mass is 445 g/mol. The molecular weight excluding hydrogens is 424 g/mol. The van der Waals surface area contributed by atoms with Crippen LogP contribution in [-0.2, 0) is 5.41 Å². The Bertz CT molecular complexity index is 1390. The zero-order valence-electron chi connectivity index (χ0n) is 18.4. The molecular formula is C24H21F2N7. The standard InChI is InChI=1S/C24H21F2N7/c1-13-27-12-29-33(13)20-9-14(11-28-31-20)24-8-7-16(23(24,2)3)15-10-19(30-32-22(15)24)21-17(25)5-4-6-18(21)26/h4-6,9-12,16H,7-8H2,1-3H3/t16-,24-/m0/s1. The van der Waals surface area contributed by atoms with Crippen molar-refractivity contribution in [2.24, 2.45) is 5.41 Å². The number of rotatable bonds is 3. The van der Waals surface area contributed by atoms with E-state index in [1.807, 2.05) is 19.1 Å². The molecule has 2 atom stereocenters. The fourth-order valence-electron chi connectivity index (χ4n) is 6.05. The smallest absolute Gasteiger partial charge is 0.178 e. The van der Waals surface area contributed by atoms with E-state index in [9.17, 15) is 8.78 Å². The Hall–Kier alpha value is -3.62. The van der Waals surface area contributed by atoms with Crippen molar-refractivity contribution < 1.29 is 8.78 Å². The molecule has 2 aliphatic carbocycles. The number of aromatic nitrogens is 7. The van der Waals surface area contributed by atoms with E-state index in [2.05, 4.69) is 44.3 Å². The number of benzene rings is 1. The van der Waals surface area contributed by atoms with Crippen LogP contribution >= 0.6 is 0 Å². The Morgan fingerprint density at radius 2 is 1.85 bits per heavy atom. The fourth-order valence-corrected chi connectivity index (χ4v) is 6.05. The Balaban J connectivity index is 1.54. The second kappa shape index (κ2) is 6.69. The zero-order valence-corrected chi connectivity index (χ0v) is 18.4. The van der Waals surface area contributed by atoms with E-state index in [1.54, 1.807) is 10.9 Å². The number of hydrogen-bond acceptors (Lipinski definition) is 6. The maximum Gasteiger partial charge on any atom is 0.178 e. The second-order valence-electron chi connectivity index (χ2n) is 9.37. The molecule has 0 spiro atoms. The van der Waals surface area contributed by atoms with E-state index in [1.165, 1.54) is 24.5 Å². The SMILES string of the molecule is Cc1ncnn1-c1cc([C@@]23CC[C@@H](c4cc(-c5c(F)cccc5F)nnc42)C3(C)C)cnn1. The summed E-state index contributed by atoms with van der Waals surface area (Å²) in [5.41, 5.74) is 2.26. The number of fused-ring (bicyclic) bond motifs is 5. The van der Waals surface area contributed by atoms with Crippen molar-refractivity contribution in [3.63, 3.8) is 0 Å². The summed E-state index contributed by atoms with van der Waals surface area (Å²) >= 11 is 0. The van der Waals surface area contributed by atoms with Gasteiger partial charge < -0.3 is 0 Å². The van der Waals surface area contributed by atoms with Crippen LogP contribution in [-0.4, -0.2) is 35.2 Å². The van der Waals surface area contributed by atoms with Crippen molar-refractivity contribution in [3.8, 4) is 17.1 Å². The highest BCUT2D eigenvalue weighted by atomic mass is 19.1. The van der Waals surface area contributed by atoms with Crippen molar-refractivity contribution in [1.29, 1.82) is 0 Å². The molecule has 0 unspecified atom stereocenters. The highest BCUT2D eigenvalue weighted by Gasteiger charge is 2.64. The quantitative estimate of drug-likeness (QED) is 0.468. The summed E-state index contributed by atoms with van der Waals surface area (Å²) in [6, 6.07) is 7.62. The van der Waals surface area contributed by atoms with Crippen LogP contribution in [0.15, 0.2) is 42.9 Å². The molecule has 4 aromatic rings. The topological polar surface area (TPSA) is 82.3 Å². The van der Waals surface area contributed by atoms with Gasteiger partial charge in [0.05, 0.1) is 23.1 Å². The first-order chi connectivity index (χ1) is 15.8. The highest BCUT2D eigenvalue weighted by Crippen LogP contribution is 2.69. The maximum atomic E-state index is 14.4. The third-order valence-electron chi connectivity index (χ3n) is 7.67. The van der Waals surface area contributed by atoms with E-state index in [4.69, 9.17) is 0 Å². The maximum absolute atomic E-state index is 14.4. The average molecular weight is 445 g/mol. The Morgan fingerprint density at radius 1 is 1.06 bits per heavy atom. The summed E-state index contributed by atoms with van der Waals surface area (Å²) in [4.78, 5) is 4.18. The molecule has 33 heavy (non-hydrogen) atoms. The van der Waals surface area contributed by atoms with Gasteiger partial charge in [-0.05, 0) is 66.5 Å². The van der Waals surface area contributed by atoms with Gasteiger partial charge in [0.1, 0.15) is 23.8 Å². The van der Waals surface area contributed by atoms with Crippen LogP contribution in [0.3, 0.4) is 0 Å². The lowest BCUT2D eigenvalue weighted by Crippen LogP contribution is -2.37. The van der Waals surface area contributed by atoms with Crippen molar-refractivity contribution in [2.45, 2.75) is 44.9 Å². The minimum atomic E-state index is -0.646. The molecule has 0 amide bonds. The summed E-state index contributed by atoms with van der Waals surface area (Å²) in [7, 11) is 0. The molecule has 2 bridgehead atoms. The van der Waals surface area contributed by atoms with Crippen LogP contribution in [0.2, 0.25) is 0 Å². The summed E-state index contributed by atoms with van der Waals surface area (Å²) in [6.07, 6.45) is 5.07. The van der Waals surface area contributed by atoms with E-state index < -0.39 is 17.0 Å². The van der Waals surface area contributed by atoms with Crippen LogP contribution in [0.1, 0.15) is 55.3 Å². The molecule has 1 saturated carbocycles. The Labute approximate surface area is 188 Å². The van der Waals surface area contributed by atoms with E-state index >= 15 is 0 Å². The average Bonchev–Trinajstić information content (AvgIpc) is 3.40. The molecule has 0 aliphatic heterocycles. The molecule has 166 valence electrons. The zero-order chi connectivity index (χ0) is 23.0. The predicted octanol–water partition coefficient (Wildman–Crippen LogP) is 4.30. The predicted molar refractivity (Wildman–Crippen MR) is 116 cm³/mol. The third kappa shape index (κ3) is 2.53. The van der Waals surface area contributed by atoms with Crippen molar-refractivity contribution >= 4 is 0 Å².